The summed E-state index contributed by atoms with van der Waals surface area (Å²) in [5.74, 6) is -1.07. The molecule has 1 aromatic carbocycles. The smallest absolute Gasteiger partial charge is 0.130 e. The molecule has 1 N–H and O–H groups in total. The molecule has 0 spiro atoms. The van der Waals surface area contributed by atoms with Gasteiger partial charge in [0.2, 0.25) is 0 Å². The van der Waals surface area contributed by atoms with Crippen molar-refractivity contribution in [2.45, 2.75) is 39.3 Å². The van der Waals surface area contributed by atoms with Crippen LogP contribution in [0.4, 0.5) is 8.78 Å². The number of hydrogen-bond donors (Lipinski definition) is 1. The predicted octanol–water partition coefficient (Wildman–Crippen LogP) is 4.01. The molecule has 5 heteroatoms. The van der Waals surface area contributed by atoms with E-state index >= 15 is 0 Å². The molecule has 0 aliphatic rings. The van der Waals surface area contributed by atoms with E-state index in [1.807, 2.05) is 6.20 Å². The summed E-state index contributed by atoms with van der Waals surface area (Å²) in [6.45, 7) is 7.37. The molecule has 0 radical (unpaired) electrons. The number of nitrogens with zero attached hydrogens (tertiary/aromatic N) is 1. The van der Waals surface area contributed by atoms with Crippen molar-refractivity contribution in [3.8, 4) is 0 Å². The lowest BCUT2D eigenvalue weighted by Gasteiger charge is -2.13. The molecule has 2 rings (SSSR count). The van der Waals surface area contributed by atoms with Gasteiger partial charge in [0.15, 0.2) is 0 Å². The Morgan fingerprint density at radius 2 is 1.95 bits per heavy atom. The number of thiazole rings is 1. The third kappa shape index (κ3) is 3.84. The Hall–Kier alpha value is -1.33. The highest BCUT2D eigenvalue weighted by Gasteiger charge is 2.17. The second-order valence-corrected chi connectivity index (χ2v) is 6.84. The van der Waals surface area contributed by atoms with E-state index in [1.54, 1.807) is 11.3 Å². The number of aromatic nitrogens is 1. The Morgan fingerprint density at radius 1 is 1.20 bits per heavy atom. The largest absolute Gasteiger partial charge is 0.308 e. The first-order valence-electron chi connectivity index (χ1n) is 6.46. The van der Waals surface area contributed by atoms with Crippen LogP contribution in [0.3, 0.4) is 0 Å². The minimum absolute atomic E-state index is 0.0476. The summed E-state index contributed by atoms with van der Waals surface area (Å²) in [7, 11) is 0. The number of hydrogen-bond acceptors (Lipinski definition) is 3. The van der Waals surface area contributed by atoms with Gasteiger partial charge in [0.05, 0.1) is 5.01 Å². The van der Waals surface area contributed by atoms with E-state index in [9.17, 15) is 8.78 Å². The highest BCUT2D eigenvalue weighted by Crippen LogP contribution is 2.26. The maximum Gasteiger partial charge on any atom is 0.130 e. The van der Waals surface area contributed by atoms with Gasteiger partial charge in [-0.3, -0.25) is 0 Å². The fourth-order valence-corrected chi connectivity index (χ4v) is 2.66. The standard InChI is InChI=1S/C15H18F2N2S/c1-15(2,3)14-19-9-12(20-14)8-18-7-10-4-5-11(16)6-13(10)17/h4-6,9,18H,7-8H2,1-3H3. The second kappa shape index (κ2) is 5.97. The van der Waals surface area contributed by atoms with Crippen molar-refractivity contribution in [1.29, 1.82) is 0 Å². The molecule has 1 aromatic heterocycles. The summed E-state index contributed by atoms with van der Waals surface area (Å²) >= 11 is 1.65. The number of benzene rings is 1. The molecular formula is C15H18F2N2S. The lowest BCUT2D eigenvalue weighted by molar-refractivity contribution is 0.560. The minimum Gasteiger partial charge on any atom is -0.308 e. The van der Waals surface area contributed by atoms with E-state index in [4.69, 9.17) is 0 Å². The molecule has 20 heavy (non-hydrogen) atoms. The van der Waals surface area contributed by atoms with Crippen molar-refractivity contribution >= 4 is 11.3 Å². The third-order valence-electron chi connectivity index (χ3n) is 2.82. The van der Waals surface area contributed by atoms with Crippen LogP contribution in [-0.4, -0.2) is 4.98 Å². The van der Waals surface area contributed by atoms with Crippen molar-refractivity contribution in [1.82, 2.24) is 10.3 Å². The van der Waals surface area contributed by atoms with Crippen LogP contribution in [0.25, 0.3) is 0 Å². The van der Waals surface area contributed by atoms with Crippen molar-refractivity contribution in [3.63, 3.8) is 0 Å². The molecular weight excluding hydrogens is 278 g/mol. The fraction of sp³-hybridized carbons (Fsp3) is 0.400. The van der Waals surface area contributed by atoms with Crippen molar-refractivity contribution < 1.29 is 8.78 Å². The Labute approximate surface area is 121 Å². The molecule has 0 atom stereocenters. The average Bonchev–Trinajstić information content (AvgIpc) is 2.80. The summed E-state index contributed by atoms with van der Waals surface area (Å²) < 4.78 is 26.2. The molecule has 0 saturated heterocycles. The molecule has 0 saturated carbocycles. The van der Waals surface area contributed by atoms with E-state index in [0.717, 1.165) is 16.0 Å². The number of halogens is 2. The molecule has 0 fully saturated rings. The first kappa shape index (κ1) is 15.1. The molecule has 2 nitrogen and oxygen atoms in total. The fourth-order valence-electron chi connectivity index (χ4n) is 1.72. The number of nitrogens with one attached hydrogen (secondary N) is 1. The van der Waals surface area contributed by atoms with Crippen molar-refractivity contribution in [3.05, 3.63) is 51.5 Å². The summed E-state index contributed by atoms with van der Waals surface area (Å²) in [6.07, 6.45) is 1.85. The topological polar surface area (TPSA) is 24.9 Å². The summed E-state index contributed by atoms with van der Waals surface area (Å²) in [6, 6.07) is 3.64. The normalized spacial score (nSPS) is 11.8. The van der Waals surface area contributed by atoms with E-state index in [2.05, 4.69) is 31.1 Å². The van der Waals surface area contributed by atoms with Gasteiger partial charge in [0.25, 0.3) is 0 Å². The zero-order valence-electron chi connectivity index (χ0n) is 11.8. The Balaban J connectivity index is 1.91. The number of rotatable bonds is 4. The minimum atomic E-state index is -0.552. The van der Waals surface area contributed by atoms with Crippen LogP contribution in [0.1, 0.15) is 36.2 Å². The molecule has 0 unspecified atom stereocenters. The molecule has 0 bridgehead atoms. The summed E-state index contributed by atoms with van der Waals surface area (Å²) in [5.41, 5.74) is 0.512. The second-order valence-electron chi connectivity index (χ2n) is 5.72. The summed E-state index contributed by atoms with van der Waals surface area (Å²) in [4.78, 5) is 5.51. The maximum absolute atomic E-state index is 13.4. The average molecular weight is 296 g/mol. The molecule has 2 aromatic rings. The van der Waals surface area contributed by atoms with Gasteiger partial charge < -0.3 is 5.32 Å². The van der Waals surface area contributed by atoms with E-state index in [0.29, 0.717) is 18.7 Å². The molecule has 0 aliphatic heterocycles. The highest BCUT2D eigenvalue weighted by molar-refractivity contribution is 7.11. The SMILES string of the molecule is CC(C)(C)c1ncc(CNCc2ccc(F)cc2F)s1. The Kier molecular flexibility index (Phi) is 4.50. The van der Waals surface area contributed by atoms with Gasteiger partial charge in [-0.1, -0.05) is 26.8 Å². The van der Waals surface area contributed by atoms with Gasteiger partial charge >= 0.3 is 0 Å². The zero-order chi connectivity index (χ0) is 14.8. The van der Waals surface area contributed by atoms with Crippen LogP contribution in [0.5, 0.6) is 0 Å². The first-order valence-corrected chi connectivity index (χ1v) is 7.28. The van der Waals surface area contributed by atoms with Gasteiger partial charge in [-0.25, -0.2) is 13.8 Å². The lowest BCUT2D eigenvalue weighted by Crippen LogP contribution is -2.13. The Bertz CT molecular complexity index is 588. The van der Waals surface area contributed by atoms with Crippen LogP contribution in [0.2, 0.25) is 0 Å². The van der Waals surface area contributed by atoms with E-state index in [-0.39, 0.29) is 5.41 Å². The zero-order valence-corrected chi connectivity index (χ0v) is 12.7. The Morgan fingerprint density at radius 3 is 2.55 bits per heavy atom. The summed E-state index contributed by atoms with van der Waals surface area (Å²) in [5, 5.41) is 4.24. The van der Waals surface area contributed by atoms with Gasteiger partial charge in [0.1, 0.15) is 11.6 Å². The first-order chi connectivity index (χ1) is 9.36. The van der Waals surface area contributed by atoms with Crippen LogP contribution in [0, 0.1) is 11.6 Å². The van der Waals surface area contributed by atoms with Gasteiger partial charge in [0, 0.05) is 41.2 Å². The van der Waals surface area contributed by atoms with Gasteiger partial charge in [-0.05, 0) is 6.07 Å². The lowest BCUT2D eigenvalue weighted by atomic mass is 9.98. The van der Waals surface area contributed by atoms with E-state index in [1.165, 1.54) is 12.1 Å². The van der Waals surface area contributed by atoms with Gasteiger partial charge in [-0.2, -0.15) is 0 Å². The quantitative estimate of drug-likeness (QED) is 0.922. The van der Waals surface area contributed by atoms with Gasteiger partial charge in [-0.15, -0.1) is 11.3 Å². The van der Waals surface area contributed by atoms with Crippen molar-refractivity contribution in [2.75, 3.05) is 0 Å². The molecule has 108 valence electrons. The highest BCUT2D eigenvalue weighted by atomic mass is 32.1. The van der Waals surface area contributed by atoms with Crippen LogP contribution in [0.15, 0.2) is 24.4 Å². The third-order valence-corrected chi connectivity index (χ3v) is 4.25. The van der Waals surface area contributed by atoms with Crippen molar-refractivity contribution in [2.24, 2.45) is 0 Å². The molecule has 0 amide bonds. The van der Waals surface area contributed by atoms with Crippen LogP contribution >= 0.6 is 11.3 Å². The van der Waals surface area contributed by atoms with E-state index < -0.39 is 11.6 Å². The maximum atomic E-state index is 13.4. The predicted molar refractivity (Wildman–Crippen MR) is 77.7 cm³/mol. The monoisotopic (exact) mass is 296 g/mol. The molecule has 1 heterocycles. The van der Waals surface area contributed by atoms with Crippen LogP contribution in [-0.2, 0) is 18.5 Å². The molecule has 0 aliphatic carbocycles. The van der Waals surface area contributed by atoms with Crippen LogP contribution < -0.4 is 5.32 Å².